The van der Waals surface area contributed by atoms with Gasteiger partial charge in [0.05, 0.1) is 5.92 Å². The zero-order chi connectivity index (χ0) is 15.4. The summed E-state index contributed by atoms with van der Waals surface area (Å²) in [7, 11) is 0. The average Bonchev–Trinajstić information content (AvgIpc) is 2.85. The van der Waals surface area contributed by atoms with Crippen LogP contribution in [0.2, 0.25) is 0 Å². The van der Waals surface area contributed by atoms with E-state index < -0.39 is 17.8 Å². The van der Waals surface area contributed by atoms with Gasteiger partial charge in [-0.1, -0.05) is 13.3 Å². The van der Waals surface area contributed by atoms with Crippen LogP contribution >= 0.6 is 0 Å². The maximum absolute atomic E-state index is 13.1. The smallest absolute Gasteiger partial charge is 0.308 e. The first-order valence-corrected chi connectivity index (χ1v) is 6.80. The Kier molecular flexibility index (Phi) is 4.57. The quantitative estimate of drug-likeness (QED) is 0.765. The lowest BCUT2D eigenvalue weighted by atomic mass is 10.0. The number of carbonyl (C=O) groups excluding carboxylic acids is 1. The zero-order valence-corrected chi connectivity index (χ0v) is 11.6. The van der Waals surface area contributed by atoms with Crippen LogP contribution in [0, 0.1) is 11.7 Å². The van der Waals surface area contributed by atoms with Crippen LogP contribution in [0.5, 0.6) is 0 Å². The second-order valence-electron chi connectivity index (χ2n) is 4.95. The van der Waals surface area contributed by atoms with Gasteiger partial charge < -0.3 is 15.4 Å². The van der Waals surface area contributed by atoms with Crippen molar-refractivity contribution in [3.8, 4) is 0 Å². The van der Waals surface area contributed by atoms with Gasteiger partial charge >= 0.3 is 5.97 Å². The number of fused-ring (bicyclic) bond motifs is 1. The number of aliphatic carboxylic acids is 1. The standard InChI is InChI=1S/C15H17FN2O3/c1-2-3-9(15(20)21)8-17-14(19)13-7-10-6-11(16)4-5-12(10)18-13/h4-7,9,18H,2-3,8H2,1H3,(H,17,19)(H,20,21). The second-order valence-corrected chi connectivity index (χ2v) is 4.95. The van der Waals surface area contributed by atoms with Crippen molar-refractivity contribution in [2.75, 3.05) is 6.54 Å². The lowest BCUT2D eigenvalue weighted by Gasteiger charge is -2.11. The number of aromatic amines is 1. The van der Waals surface area contributed by atoms with E-state index in [0.717, 1.165) is 6.42 Å². The summed E-state index contributed by atoms with van der Waals surface area (Å²) in [5, 5.41) is 12.2. The third-order valence-electron chi connectivity index (χ3n) is 3.32. The number of hydrogen-bond donors (Lipinski definition) is 3. The van der Waals surface area contributed by atoms with Crippen molar-refractivity contribution in [1.82, 2.24) is 10.3 Å². The summed E-state index contributed by atoms with van der Waals surface area (Å²) in [6, 6.07) is 5.74. The molecule has 0 saturated heterocycles. The number of halogens is 1. The van der Waals surface area contributed by atoms with Crippen LogP contribution in [0.3, 0.4) is 0 Å². The summed E-state index contributed by atoms with van der Waals surface area (Å²) in [5.41, 5.74) is 0.945. The molecule has 0 aliphatic heterocycles. The summed E-state index contributed by atoms with van der Waals surface area (Å²) >= 11 is 0. The molecule has 0 aliphatic rings. The molecule has 0 aliphatic carbocycles. The van der Waals surface area contributed by atoms with Gasteiger partial charge in [0.2, 0.25) is 0 Å². The normalized spacial score (nSPS) is 12.3. The largest absolute Gasteiger partial charge is 0.481 e. The fraction of sp³-hybridized carbons (Fsp3) is 0.333. The van der Waals surface area contributed by atoms with Crippen LogP contribution in [0.4, 0.5) is 4.39 Å². The van der Waals surface area contributed by atoms with Crippen molar-refractivity contribution < 1.29 is 19.1 Å². The molecule has 1 amide bonds. The highest BCUT2D eigenvalue weighted by Gasteiger charge is 2.18. The highest BCUT2D eigenvalue weighted by Crippen LogP contribution is 2.16. The molecule has 1 aromatic heterocycles. The number of aromatic nitrogens is 1. The van der Waals surface area contributed by atoms with Crippen molar-refractivity contribution >= 4 is 22.8 Å². The van der Waals surface area contributed by atoms with E-state index in [4.69, 9.17) is 5.11 Å². The molecule has 21 heavy (non-hydrogen) atoms. The first kappa shape index (κ1) is 15.0. The molecule has 0 spiro atoms. The Bertz CT molecular complexity index is 666. The predicted octanol–water partition coefficient (Wildman–Crippen LogP) is 2.54. The number of rotatable bonds is 6. The van der Waals surface area contributed by atoms with Gasteiger partial charge in [-0.15, -0.1) is 0 Å². The first-order chi connectivity index (χ1) is 10.0. The fourth-order valence-corrected chi connectivity index (χ4v) is 2.20. The van der Waals surface area contributed by atoms with Gasteiger partial charge in [0.1, 0.15) is 11.5 Å². The van der Waals surface area contributed by atoms with E-state index in [1.54, 1.807) is 12.1 Å². The molecular weight excluding hydrogens is 275 g/mol. The molecular formula is C15H17FN2O3. The highest BCUT2D eigenvalue weighted by molar-refractivity contribution is 5.98. The zero-order valence-electron chi connectivity index (χ0n) is 11.6. The molecule has 3 N–H and O–H groups in total. The van der Waals surface area contributed by atoms with E-state index in [9.17, 15) is 14.0 Å². The minimum Gasteiger partial charge on any atom is -0.481 e. The third-order valence-corrected chi connectivity index (χ3v) is 3.32. The van der Waals surface area contributed by atoms with E-state index >= 15 is 0 Å². The Balaban J connectivity index is 2.06. The van der Waals surface area contributed by atoms with E-state index in [2.05, 4.69) is 10.3 Å². The minimum atomic E-state index is -0.920. The van der Waals surface area contributed by atoms with Gasteiger partial charge in [0.15, 0.2) is 0 Å². The second kappa shape index (κ2) is 6.39. The van der Waals surface area contributed by atoms with E-state index in [1.165, 1.54) is 12.1 Å². The van der Waals surface area contributed by atoms with Gasteiger partial charge in [-0.3, -0.25) is 9.59 Å². The Hall–Kier alpha value is -2.37. The Labute approximate surface area is 121 Å². The Morgan fingerprint density at radius 1 is 1.38 bits per heavy atom. The molecule has 0 fully saturated rings. The van der Waals surface area contributed by atoms with Crippen molar-refractivity contribution in [1.29, 1.82) is 0 Å². The van der Waals surface area contributed by atoms with Crippen LogP contribution in [-0.4, -0.2) is 28.5 Å². The van der Waals surface area contributed by atoms with Crippen molar-refractivity contribution in [2.45, 2.75) is 19.8 Å². The van der Waals surface area contributed by atoms with Gasteiger partial charge in [-0.2, -0.15) is 0 Å². The summed E-state index contributed by atoms with van der Waals surface area (Å²) in [5.74, 6) is -2.28. The SMILES string of the molecule is CCCC(CNC(=O)c1cc2cc(F)ccc2[nH]1)C(=O)O. The number of carboxylic acids is 1. The summed E-state index contributed by atoms with van der Waals surface area (Å²) in [4.78, 5) is 25.9. The average molecular weight is 292 g/mol. The molecule has 2 aromatic rings. The molecule has 0 saturated carbocycles. The number of H-pyrrole nitrogens is 1. The van der Waals surface area contributed by atoms with Gasteiger partial charge in [0, 0.05) is 17.4 Å². The van der Waals surface area contributed by atoms with Gasteiger partial charge in [-0.05, 0) is 30.7 Å². The number of carboxylic acid groups (broad SMARTS) is 1. The third kappa shape index (κ3) is 3.59. The van der Waals surface area contributed by atoms with Crippen LogP contribution in [-0.2, 0) is 4.79 Å². The first-order valence-electron chi connectivity index (χ1n) is 6.80. The van der Waals surface area contributed by atoms with E-state index in [1.807, 2.05) is 6.92 Å². The fourth-order valence-electron chi connectivity index (χ4n) is 2.20. The Morgan fingerprint density at radius 2 is 2.14 bits per heavy atom. The molecule has 1 unspecified atom stereocenters. The maximum atomic E-state index is 13.1. The van der Waals surface area contributed by atoms with Crippen LogP contribution in [0.1, 0.15) is 30.3 Å². The van der Waals surface area contributed by atoms with Gasteiger partial charge in [0.25, 0.3) is 5.91 Å². The Morgan fingerprint density at radius 3 is 2.81 bits per heavy atom. The number of carbonyl (C=O) groups is 2. The molecule has 6 heteroatoms. The molecule has 2 rings (SSSR count). The summed E-state index contributed by atoms with van der Waals surface area (Å²) < 4.78 is 13.1. The highest BCUT2D eigenvalue weighted by atomic mass is 19.1. The number of amides is 1. The van der Waals surface area contributed by atoms with E-state index in [0.29, 0.717) is 17.3 Å². The van der Waals surface area contributed by atoms with E-state index in [-0.39, 0.29) is 18.1 Å². The minimum absolute atomic E-state index is 0.0751. The van der Waals surface area contributed by atoms with Crippen LogP contribution in [0.15, 0.2) is 24.3 Å². The summed E-state index contributed by atoms with van der Waals surface area (Å²) in [6.07, 6.45) is 1.24. The lowest BCUT2D eigenvalue weighted by Crippen LogP contribution is -2.33. The molecule has 5 nitrogen and oxygen atoms in total. The molecule has 0 bridgehead atoms. The maximum Gasteiger partial charge on any atom is 0.308 e. The molecule has 1 heterocycles. The molecule has 1 aromatic carbocycles. The molecule has 0 radical (unpaired) electrons. The number of hydrogen-bond acceptors (Lipinski definition) is 2. The lowest BCUT2D eigenvalue weighted by molar-refractivity contribution is -0.141. The number of nitrogens with one attached hydrogen (secondary N) is 2. The topological polar surface area (TPSA) is 82.2 Å². The number of benzene rings is 1. The van der Waals surface area contributed by atoms with Crippen molar-refractivity contribution in [3.05, 3.63) is 35.8 Å². The van der Waals surface area contributed by atoms with Crippen molar-refractivity contribution in [3.63, 3.8) is 0 Å². The predicted molar refractivity (Wildman–Crippen MR) is 76.6 cm³/mol. The monoisotopic (exact) mass is 292 g/mol. The molecule has 112 valence electrons. The van der Waals surface area contributed by atoms with Crippen molar-refractivity contribution in [2.24, 2.45) is 5.92 Å². The van der Waals surface area contributed by atoms with Crippen LogP contribution < -0.4 is 5.32 Å². The molecule has 1 atom stereocenters. The van der Waals surface area contributed by atoms with Gasteiger partial charge in [-0.25, -0.2) is 4.39 Å². The summed E-state index contributed by atoms with van der Waals surface area (Å²) in [6.45, 7) is 1.97. The van der Waals surface area contributed by atoms with Crippen LogP contribution in [0.25, 0.3) is 10.9 Å².